The molecule has 1 saturated heterocycles. The maximum atomic E-state index is 12.6. The van der Waals surface area contributed by atoms with Gasteiger partial charge in [0.15, 0.2) is 0 Å². The standard InChI is InChI=1S/C6H10F2O.C2H6/c1-4-3-9-5(2)6(4,7)8;1-2/h4-5H,3H2,1-2H3;1-2H3. The molecule has 1 aliphatic heterocycles. The van der Waals surface area contributed by atoms with Gasteiger partial charge in [-0.15, -0.1) is 0 Å². The van der Waals surface area contributed by atoms with Crippen LogP contribution in [-0.4, -0.2) is 18.6 Å². The Balaban J connectivity index is 0.000000461. The normalized spacial score (nSPS) is 34.4. The summed E-state index contributed by atoms with van der Waals surface area (Å²) in [5.41, 5.74) is 0. The Bertz CT molecular complexity index is 103. The van der Waals surface area contributed by atoms with Crippen molar-refractivity contribution in [2.75, 3.05) is 6.61 Å². The Morgan fingerprint density at radius 2 is 1.73 bits per heavy atom. The first-order valence-corrected chi connectivity index (χ1v) is 4.04. The van der Waals surface area contributed by atoms with Crippen LogP contribution in [0.2, 0.25) is 0 Å². The van der Waals surface area contributed by atoms with E-state index in [9.17, 15) is 8.78 Å². The summed E-state index contributed by atoms with van der Waals surface area (Å²) in [5.74, 6) is -3.23. The summed E-state index contributed by atoms with van der Waals surface area (Å²) < 4.78 is 29.9. The van der Waals surface area contributed by atoms with Crippen LogP contribution in [-0.2, 0) is 4.74 Å². The quantitative estimate of drug-likeness (QED) is 0.537. The van der Waals surface area contributed by atoms with Crippen molar-refractivity contribution in [3.05, 3.63) is 0 Å². The molecule has 1 nitrogen and oxygen atoms in total. The SMILES string of the molecule is CC.CC1COC(C)C1(F)F. The molecule has 0 radical (unpaired) electrons. The zero-order chi connectivity index (χ0) is 9.07. The van der Waals surface area contributed by atoms with Crippen LogP contribution in [0.15, 0.2) is 0 Å². The molecule has 2 unspecified atom stereocenters. The van der Waals surface area contributed by atoms with Gasteiger partial charge in [-0.3, -0.25) is 0 Å². The second kappa shape index (κ2) is 4.00. The Labute approximate surface area is 66.7 Å². The fourth-order valence-electron chi connectivity index (χ4n) is 0.912. The molecule has 0 saturated carbocycles. The Morgan fingerprint density at radius 1 is 1.27 bits per heavy atom. The molecule has 1 fully saturated rings. The van der Waals surface area contributed by atoms with Crippen LogP contribution in [0, 0.1) is 5.92 Å². The molecule has 11 heavy (non-hydrogen) atoms. The lowest BCUT2D eigenvalue weighted by Gasteiger charge is -2.15. The molecular formula is C8H16F2O. The van der Waals surface area contributed by atoms with Gasteiger partial charge in [0.25, 0.3) is 5.92 Å². The van der Waals surface area contributed by atoms with Gasteiger partial charge in [-0.1, -0.05) is 20.8 Å². The smallest absolute Gasteiger partial charge is 0.278 e. The monoisotopic (exact) mass is 166 g/mol. The molecule has 0 aromatic carbocycles. The third-order valence-electron chi connectivity index (χ3n) is 1.80. The Hall–Kier alpha value is -0.180. The highest BCUT2D eigenvalue weighted by Crippen LogP contribution is 2.35. The van der Waals surface area contributed by atoms with Gasteiger partial charge in [0.2, 0.25) is 0 Å². The minimum Gasteiger partial charge on any atom is -0.372 e. The van der Waals surface area contributed by atoms with Crippen molar-refractivity contribution in [3.63, 3.8) is 0 Å². The molecular weight excluding hydrogens is 150 g/mol. The second-order valence-electron chi connectivity index (χ2n) is 2.55. The van der Waals surface area contributed by atoms with E-state index in [2.05, 4.69) is 0 Å². The third kappa shape index (κ3) is 2.12. The van der Waals surface area contributed by atoms with Crippen LogP contribution in [0.5, 0.6) is 0 Å². The maximum Gasteiger partial charge on any atom is 0.278 e. The van der Waals surface area contributed by atoms with Gasteiger partial charge in [-0.25, -0.2) is 8.78 Å². The largest absolute Gasteiger partial charge is 0.372 e. The van der Waals surface area contributed by atoms with Gasteiger partial charge in [0.05, 0.1) is 6.61 Å². The van der Waals surface area contributed by atoms with E-state index in [-0.39, 0.29) is 6.61 Å². The number of rotatable bonds is 0. The predicted molar refractivity (Wildman–Crippen MR) is 40.9 cm³/mol. The van der Waals surface area contributed by atoms with Crippen LogP contribution in [0.25, 0.3) is 0 Å². The zero-order valence-corrected chi connectivity index (χ0v) is 7.53. The summed E-state index contributed by atoms with van der Waals surface area (Å²) in [4.78, 5) is 0. The molecule has 0 aromatic heterocycles. The molecule has 0 spiro atoms. The van der Waals surface area contributed by atoms with E-state index >= 15 is 0 Å². The van der Waals surface area contributed by atoms with Crippen molar-refractivity contribution >= 4 is 0 Å². The van der Waals surface area contributed by atoms with E-state index in [0.717, 1.165) is 0 Å². The summed E-state index contributed by atoms with van der Waals surface area (Å²) >= 11 is 0. The molecule has 0 aromatic rings. The topological polar surface area (TPSA) is 9.23 Å². The Kier molecular flexibility index (Phi) is 3.93. The van der Waals surface area contributed by atoms with Crippen LogP contribution >= 0.6 is 0 Å². The van der Waals surface area contributed by atoms with Crippen molar-refractivity contribution in [1.29, 1.82) is 0 Å². The van der Waals surface area contributed by atoms with Gasteiger partial charge < -0.3 is 4.74 Å². The fraction of sp³-hybridized carbons (Fsp3) is 1.00. The number of hydrogen-bond donors (Lipinski definition) is 0. The lowest BCUT2D eigenvalue weighted by molar-refractivity contribution is -0.0754. The summed E-state index contributed by atoms with van der Waals surface area (Å²) in [7, 11) is 0. The van der Waals surface area contributed by atoms with E-state index < -0.39 is 17.9 Å². The molecule has 1 rings (SSSR count). The van der Waals surface area contributed by atoms with E-state index in [1.165, 1.54) is 13.8 Å². The van der Waals surface area contributed by atoms with Gasteiger partial charge in [0, 0.05) is 5.92 Å². The average Bonchev–Trinajstić information content (AvgIpc) is 2.21. The summed E-state index contributed by atoms with van der Waals surface area (Å²) in [6.07, 6.45) is -0.896. The van der Waals surface area contributed by atoms with Crippen molar-refractivity contribution in [1.82, 2.24) is 0 Å². The highest BCUT2D eigenvalue weighted by Gasteiger charge is 2.48. The molecule has 0 amide bonds. The van der Waals surface area contributed by atoms with Crippen molar-refractivity contribution in [2.45, 2.75) is 39.7 Å². The average molecular weight is 166 g/mol. The van der Waals surface area contributed by atoms with Gasteiger partial charge in [-0.2, -0.15) is 0 Å². The van der Waals surface area contributed by atoms with Gasteiger partial charge in [0.1, 0.15) is 6.10 Å². The molecule has 3 heteroatoms. The number of ether oxygens (including phenoxy) is 1. The van der Waals surface area contributed by atoms with Crippen LogP contribution in [0.3, 0.4) is 0 Å². The minimum atomic E-state index is -2.61. The van der Waals surface area contributed by atoms with Crippen molar-refractivity contribution in [2.24, 2.45) is 5.92 Å². The molecule has 0 N–H and O–H groups in total. The summed E-state index contributed by atoms with van der Waals surface area (Å²) in [6, 6.07) is 0. The molecule has 2 atom stereocenters. The van der Waals surface area contributed by atoms with Crippen LogP contribution < -0.4 is 0 Å². The van der Waals surface area contributed by atoms with Gasteiger partial charge in [-0.05, 0) is 6.92 Å². The van der Waals surface area contributed by atoms with E-state index in [4.69, 9.17) is 4.74 Å². The molecule has 0 bridgehead atoms. The van der Waals surface area contributed by atoms with E-state index in [1.807, 2.05) is 13.8 Å². The van der Waals surface area contributed by atoms with Crippen molar-refractivity contribution in [3.8, 4) is 0 Å². The first-order chi connectivity index (χ1) is 5.05. The number of hydrogen-bond acceptors (Lipinski definition) is 1. The highest BCUT2D eigenvalue weighted by molar-refractivity contribution is 4.85. The maximum absolute atomic E-state index is 12.6. The van der Waals surface area contributed by atoms with Crippen molar-refractivity contribution < 1.29 is 13.5 Å². The number of alkyl halides is 2. The first-order valence-electron chi connectivity index (χ1n) is 4.04. The fourth-order valence-corrected chi connectivity index (χ4v) is 0.912. The Morgan fingerprint density at radius 3 is 1.82 bits per heavy atom. The second-order valence-corrected chi connectivity index (χ2v) is 2.55. The van der Waals surface area contributed by atoms with Crippen LogP contribution in [0.1, 0.15) is 27.7 Å². The lowest BCUT2D eigenvalue weighted by Crippen LogP contribution is -2.30. The lowest BCUT2D eigenvalue weighted by atomic mass is 10.0. The number of halogens is 2. The molecule has 68 valence electrons. The third-order valence-corrected chi connectivity index (χ3v) is 1.80. The zero-order valence-electron chi connectivity index (χ0n) is 7.53. The van der Waals surface area contributed by atoms with E-state index in [0.29, 0.717) is 0 Å². The molecule has 1 heterocycles. The minimum absolute atomic E-state index is 0.189. The first kappa shape index (κ1) is 10.8. The van der Waals surface area contributed by atoms with Crippen LogP contribution in [0.4, 0.5) is 8.78 Å². The highest BCUT2D eigenvalue weighted by atomic mass is 19.3. The molecule has 1 aliphatic rings. The van der Waals surface area contributed by atoms with Gasteiger partial charge >= 0.3 is 0 Å². The van der Waals surface area contributed by atoms with E-state index in [1.54, 1.807) is 0 Å². The molecule has 0 aliphatic carbocycles. The predicted octanol–water partition coefficient (Wildman–Crippen LogP) is 2.70. The summed E-state index contributed by atoms with van der Waals surface area (Å²) in [6.45, 7) is 7.10. The summed E-state index contributed by atoms with van der Waals surface area (Å²) in [5, 5.41) is 0.